The van der Waals surface area contributed by atoms with Gasteiger partial charge >= 0.3 is 0 Å². The van der Waals surface area contributed by atoms with Gasteiger partial charge in [0.1, 0.15) is 11.6 Å². The van der Waals surface area contributed by atoms with Crippen molar-refractivity contribution in [1.29, 1.82) is 0 Å². The van der Waals surface area contributed by atoms with Gasteiger partial charge in [0.15, 0.2) is 9.84 Å². The summed E-state index contributed by atoms with van der Waals surface area (Å²) in [6.07, 6.45) is 2.25. The Balaban J connectivity index is 1.63. The second-order valence-corrected chi connectivity index (χ2v) is 7.90. The fourth-order valence-electron chi connectivity index (χ4n) is 2.67. The molecule has 7 nitrogen and oxygen atoms in total. The smallest absolute Gasteiger partial charge is 0.224 e. The molecular formula is C16H20N4O3S. The van der Waals surface area contributed by atoms with Crippen LogP contribution < -0.4 is 15.4 Å². The lowest BCUT2D eigenvalue weighted by atomic mass is 10.2. The summed E-state index contributed by atoms with van der Waals surface area (Å²) in [5, 5.41) is 6.32. The van der Waals surface area contributed by atoms with Gasteiger partial charge in [-0.25, -0.2) is 13.4 Å². The third kappa shape index (κ3) is 4.14. The largest absolute Gasteiger partial charge is 0.496 e. The molecule has 128 valence electrons. The Kier molecular flexibility index (Phi) is 4.84. The van der Waals surface area contributed by atoms with E-state index in [0.717, 1.165) is 11.3 Å². The zero-order valence-corrected chi connectivity index (χ0v) is 14.2. The first kappa shape index (κ1) is 16.5. The van der Waals surface area contributed by atoms with Crippen LogP contribution in [0.25, 0.3) is 0 Å². The summed E-state index contributed by atoms with van der Waals surface area (Å²) in [7, 11) is -1.28. The van der Waals surface area contributed by atoms with E-state index in [1.807, 2.05) is 24.3 Å². The molecule has 1 aliphatic heterocycles. The molecule has 0 amide bonds. The van der Waals surface area contributed by atoms with E-state index in [2.05, 4.69) is 20.6 Å². The molecular weight excluding hydrogens is 328 g/mol. The van der Waals surface area contributed by atoms with Crippen molar-refractivity contribution in [3.63, 3.8) is 0 Å². The number of hydrogen-bond acceptors (Lipinski definition) is 7. The second-order valence-electron chi connectivity index (χ2n) is 5.68. The average Bonchev–Trinajstić information content (AvgIpc) is 2.92. The molecule has 1 aromatic carbocycles. The van der Waals surface area contributed by atoms with E-state index in [1.165, 1.54) is 0 Å². The normalized spacial score (nSPS) is 19.0. The molecule has 1 unspecified atom stereocenters. The van der Waals surface area contributed by atoms with Crippen LogP contribution in [0, 0.1) is 0 Å². The molecule has 1 aromatic heterocycles. The molecule has 0 saturated carbocycles. The molecule has 0 spiro atoms. The fourth-order valence-corrected chi connectivity index (χ4v) is 4.34. The van der Waals surface area contributed by atoms with Gasteiger partial charge in [-0.05, 0) is 18.6 Å². The molecule has 3 rings (SSSR count). The number of anilines is 2. The van der Waals surface area contributed by atoms with Gasteiger partial charge in [0.2, 0.25) is 5.95 Å². The van der Waals surface area contributed by atoms with Crippen LogP contribution in [0.15, 0.2) is 36.5 Å². The van der Waals surface area contributed by atoms with Crippen molar-refractivity contribution in [2.75, 3.05) is 29.2 Å². The lowest BCUT2D eigenvalue weighted by Crippen LogP contribution is -2.21. The van der Waals surface area contributed by atoms with E-state index in [9.17, 15) is 8.42 Å². The van der Waals surface area contributed by atoms with E-state index in [1.54, 1.807) is 19.4 Å². The van der Waals surface area contributed by atoms with Crippen molar-refractivity contribution in [2.24, 2.45) is 0 Å². The Morgan fingerprint density at radius 3 is 2.88 bits per heavy atom. The summed E-state index contributed by atoms with van der Waals surface area (Å²) in [5.41, 5.74) is 1.00. The number of aromatic nitrogens is 2. The average molecular weight is 348 g/mol. The minimum absolute atomic E-state index is 0.0908. The molecule has 0 radical (unpaired) electrons. The van der Waals surface area contributed by atoms with Crippen LogP contribution in [-0.4, -0.2) is 43.0 Å². The lowest BCUT2D eigenvalue weighted by Gasteiger charge is -2.13. The third-order valence-electron chi connectivity index (χ3n) is 3.87. The number of rotatable bonds is 6. The molecule has 1 aliphatic rings. The van der Waals surface area contributed by atoms with Crippen LogP contribution >= 0.6 is 0 Å². The SMILES string of the molecule is COc1ccccc1CNc1nccc(NC2CCS(=O)(=O)C2)n1. The van der Waals surface area contributed by atoms with Crippen LogP contribution in [0.2, 0.25) is 0 Å². The van der Waals surface area contributed by atoms with E-state index in [4.69, 9.17) is 4.74 Å². The maximum absolute atomic E-state index is 11.5. The van der Waals surface area contributed by atoms with Gasteiger partial charge in [-0.15, -0.1) is 0 Å². The number of hydrogen-bond donors (Lipinski definition) is 2. The first-order valence-corrected chi connectivity index (χ1v) is 9.54. The van der Waals surface area contributed by atoms with E-state index in [-0.39, 0.29) is 17.5 Å². The van der Waals surface area contributed by atoms with Gasteiger partial charge < -0.3 is 15.4 Å². The highest BCUT2D eigenvalue weighted by Crippen LogP contribution is 2.19. The lowest BCUT2D eigenvalue weighted by molar-refractivity contribution is 0.410. The highest BCUT2D eigenvalue weighted by atomic mass is 32.2. The Bertz CT molecular complexity index is 810. The van der Waals surface area contributed by atoms with Gasteiger partial charge in [-0.1, -0.05) is 18.2 Å². The number of nitrogens with one attached hydrogen (secondary N) is 2. The minimum Gasteiger partial charge on any atom is -0.496 e. The van der Waals surface area contributed by atoms with Crippen molar-refractivity contribution in [1.82, 2.24) is 9.97 Å². The number of ether oxygens (including phenoxy) is 1. The van der Waals surface area contributed by atoms with Crippen molar-refractivity contribution in [3.05, 3.63) is 42.1 Å². The summed E-state index contributed by atoms with van der Waals surface area (Å²) >= 11 is 0. The quantitative estimate of drug-likeness (QED) is 0.820. The Hall–Kier alpha value is -2.35. The highest BCUT2D eigenvalue weighted by molar-refractivity contribution is 7.91. The van der Waals surface area contributed by atoms with Crippen LogP contribution in [0.1, 0.15) is 12.0 Å². The maximum atomic E-state index is 11.5. The van der Waals surface area contributed by atoms with Crippen molar-refractivity contribution >= 4 is 21.6 Å². The highest BCUT2D eigenvalue weighted by Gasteiger charge is 2.27. The number of benzene rings is 1. The van der Waals surface area contributed by atoms with Gasteiger partial charge in [-0.3, -0.25) is 0 Å². The zero-order valence-electron chi connectivity index (χ0n) is 13.4. The van der Waals surface area contributed by atoms with Crippen LogP contribution in [0.3, 0.4) is 0 Å². The molecule has 1 fully saturated rings. The van der Waals surface area contributed by atoms with Gasteiger partial charge in [0.05, 0.1) is 18.6 Å². The minimum atomic E-state index is -2.92. The molecule has 0 bridgehead atoms. The molecule has 1 saturated heterocycles. The Morgan fingerprint density at radius 2 is 2.12 bits per heavy atom. The summed E-state index contributed by atoms with van der Waals surface area (Å²) in [4.78, 5) is 8.58. The predicted molar refractivity (Wildman–Crippen MR) is 93.0 cm³/mol. The van der Waals surface area contributed by atoms with Crippen molar-refractivity contribution in [2.45, 2.75) is 19.0 Å². The van der Waals surface area contributed by atoms with Gasteiger partial charge in [-0.2, -0.15) is 4.98 Å². The first-order chi connectivity index (χ1) is 11.6. The molecule has 1 atom stereocenters. The molecule has 8 heteroatoms. The van der Waals surface area contributed by atoms with E-state index < -0.39 is 9.84 Å². The number of methoxy groups -OCH3 is 1. The van der Waals surface area contributed by atoms with E-state index >= 15 is 0 Å². The van der Waals surface area contributed by atoms with Gasteiger partial charge in [0, 0.05) is 24.3 Å². The van der Waals surface area contributed by atoms with Crippen LogP contribution in [0.5, 0.6) is 5.75 Å². The first-order valence-electron chi connectivity index (χ1n) is 7.71. The topological polar surface area (TPSA) is 93.2 Å². The zero-order chi connectivity index (χ0) is 17.0. The number of nitrogens with zero attached hydrogens (tertiary/aromatic N) is 2. The fraction of sp³-hybridized carbons (Fsp3) is 0.375. The number of sulfone groups is 1. The van der Waals surface area contributed by atoms with Gasteiger partial charge in [0.25, 0.3) is 0 Å². The van der Waals surface area contributed by atoms with E-state index in [0.29, 0.717) is 24.7 Å². The second kappa shape index (κ2) is 7.04. The molecule has 2 N–H and O–H groups in total. The summed E-state index contributed by atoms with van der Waals surface area (Å²) in [6.45, 7) is 0.533. The summed E-state index contributed by atoms with van der Waals surface area (Å²) in [5.74, 6) is 2.28. The Morgan fingerprint density at radius 1 is 1.29 bits per heavy atom. The number of para-hydroxylation sites is 1. The van der Waals surface area contributed by atoms with Crippen molar-refractivity contribution < 1.29 is 13.2 Å². The third-order valence-corrected chi connectivity index (χ3v) is 5.64. The predicted octanol–water partition coefficient (Wildman–Crippen LogP) is 1.70. The molecule has 2 heterocycles. The molecule has 0 aliphatic carbocycles. The van der Waals surface area contributed by atoms with Crippen molar-refractivity contribution in [3.8, 4) is 5.75 Å². The monoisotopic (exact) mass is 348 g/mol. The molecule has 2 aromatic rings. The molecule has 24 heavy (non-hydrogen) atoms. The summed E-state index contributed by atoms with van der Waals surface area (Å²) in [6, 6.07) is 9.37. The standard InChI is InChI=1S/C16H20N4O3S/c1-23-14-5-3-2-4-12(14)10-18-16-17-8-6-15(20-16)19-13-7-9-24(21,22)11-13/h2-6,8,13H,7,9-11H2,1H3,(H2,17,18,19,20). The summed E-state index contributed by atoms with van der Waals surface area (Å²) < 4.78 is 28.4. The Labute approximate surface area is 141 Å². The maximum Gasteiger partial charge on any atom is 0.224 e. The van der Waals surface area contributed by atoms with Crippen LogP contribution in [-0.2, 0) is 16.4 Å². The van der Waals surface area contributed by atoms with Crippen LogP contribution in [0.4, 0.5) is 11.8 Å².